The van der Waals surface area contributed by atoms with Gasteiger partial charge in [-0.15, -0.1) is 4.98 Å². The molecular formula is C17H30N6O4. The number of aromatic nitrogens is 3. The van der Waals surface area contributed by atoms with Gasteiger partial charge < -0.3 is 25.8 Å². The molecule has 10 heteroatoms. The smallest absolute Gasteiger partial charge is 0.324 e. The number of hydrogen-bond acceptors (Lipinski definition) is 10. The van der Waals surface area contributed by atoms with E-state index in [1.165, 1.54) is 19.1 Å². The third-order valence-corrected chi connectivity index (χ3v) is 4.10. The van der Waals surface area contributed by atoms with Crippen LogP contribution in [0.15, 0.2) is 0 Å². The second kappa shape index (κ2) is 10.1. The van der Waals surface area contributed by atoms with Crippen molar-refractivity contribution in [2.75, 3.05) is 32.2 Å². The van der Waals surface area contributed by atoms with Crippen molar-refractivity contribution < 1.29 is 19.1 Å². The molecule has 2 atom stereocenters. The average molecular weight is 382 g/mol. The van der Waals surface area contributed by atoms with Gasteiger partial charge in [0.15, 0.2) is 11.6 Å². The van der Waals surface area contributed by atoms with Crippen LogP contribution in [0.5, 0.6) is 12.0 Å². The van der Waals surface area contributed by atoms with Gasteiger partial charge in [-0.25, -0.2) is 0 Å². The van der Waals surface area contributed by atoms with E-state index >= 15 is 0 Å². The molecule has 0 aromatic carbocycles. The van der Waals surface area contributed by atoms with E-state index in [0.29, 0.717) is 0 Å². The highest BCUT2D eigenvalue weighted by Gasteiger charge is 2.27. The maximum atomic E-state index is 12.5. The van der Waals surface area contributed by atoms with Gasteiger partial charge in [0, 0.05) is 0 Å². The van der Waals surface area contributed by atoms with Crippen LogP contribution in [0.4, 0.5) is 5.95 Å². The van der Waals surface area contributed by atoms with Crippen LogP contribution >= 0.6 is 0 Å². The quantitative estimate of drug-likeness (QED) is 0.527. The van der Waals surface area contributed by atoms with Crippen molar-refractivity contribution in [3.05, 3.63) is 0 Å². The number of rotatable bonds is 11. The van der Waals surface area contributed by atoms with Crippen molar-refractivity contribution in [3.8, 4) is 12.0 Å². The first-order chi connectivity index (χ1) is 12.6. The standard InChI is InChI=1S/C17H30N6O4/c1-9(2)13(18)11(24)7-23(8-12(25)14(19)10(3)4)15-20-16(26-5)22-17(21-15)27-6/h9-10,13-14H,7-8,18-19H2,1-6H3/t13-,14-/m0/s1. The molecule has 0 bridgehead atoms. The summed E-state index contributed by atoms with van der Waals surface area (Å²) in [6.07, 6.45) is 0. The summed E-state index contributed by atoms with van der Waals surface area (Å²) in [5, 5.41) is 0. The number of carbonyl (C=O) groups is 2. The Balaban J connectivity index is 3.21. The van der Waals surface area contributed by atoms with Crippen molar-refractivity contribution in [2.24, 2.45) is 23.3 Å². The first-order valence-corrected chi connectivity index (χ1v) is 8.76. The maximum absolute atomic E-state index is 12.5. The molecule has 0 aliphatic rings. The number of carbonyl (C=O) groups excluding carboxylic acids is 2. The molecule has 1 aromatic heterocycles. The lowest BCUT2D eigenvalue weighted by Crippen LogP contribution is -2.48. The first kappa shape index (κ1) is 22.7. The summed E-state index contributed by atoms with van der Waals surface area (Å²) in [6, 6.07) is -1.34. The molecule has 0 aliphatic heterocycles. The molecule has 27 heavy (non-hydrogen) atoms. The lowest BCUT2D eigenvalue weighted by atomic mass is 9.99. The molecule has 0 saturated heterocycles. The van der Waals surface area contributed by atoms with Crippen molar-refractivity contribution in [1.82, 2.24) is 15.0 Å². The summed E-state index contributed by atoms with van der Waals surface area (Å²) in [4.78, 5) is 38.6. The molecule has 152 valence electrons. The molecule has 0 spiro atoms. The number of hydrogen-bond donors (Lipinski definition) is 2. The topological polar surface area (TPSA) is 147 Å². The van der Waals surface area contributed by atoms with Crippen molar-refractivity contribution in [1.29, 1.82) is 0 Å². The zero-order chi connectivity index (χ0) is 20.7. The Labute approximate surface area is 159 Å². The van der Waals surface area contributed by atoms with Crippen LogP contribution in [0, 0.1) is 11.8 Å². The average Bonchev–Trinajstić information content (AvgIpc) is 2.64. The van der Waals surface area contributed by atoms with E-state index in [2.05, 4.69) is 15.0 Å². The summed E-state index contributed by atoms with van der Waals surface area (Å²) in [7, 11) is 2.78. The van der Waals surface area contributed by atoms with E-state index in [9.17, 15) is 9.59 Å². The van der Waals surface area contributed by atoms with Crippen LogP contribution in [0.25, 0.3) is 0 Å². The van der Waals surface area contributed by atoms with Crippen molar-refractivity contribution >= 4 is 17.5 Å². The molecule has 0 radical (unpaired) electrons. The number of methoxy groups -OCH3 is 2. The normalized spacial score (nSPS) is 13.4. The number of ketones is 2. The van der Waals surface area contributed by atoms with E-state index < -0.39 is 12.1 Å². The van der Waals surface area contributed by atoms with E-state index in [0.717, 1.165) is 0 Å². The van der Waals surface area contributed by atoms with Crippen molar-refractivity contribution in [2.45, 2.75) is 39.8 Å². The minimum Gasteiger partial charge on any atom is -0.467 e. The number of nitrogens with zero attached hydrogens (tertiary/aromatic N) is 4. The lowest BCUT2D eigenvalue weighted by molar-refractivity contribution is -0.120. The molecule has 0 fully saturated rings. The fourth-order valence-corrected chi connectivity index (χ4v) is 2.18. The predicted molar refractivity (Wildman–Crippen MR) is 101 cm³/mol. The molecule has 0 aliphatic carbocycles. The monoisotopic (exact) mass is 382 g/mol. The highest BCUT2D eigenvalue weighted by molar-refractivity contribution is 5.92. The Morgan fingerprint density at radius 1 is 0.852 bits per heavy atom. The number of Topliss-reactive ketones (excluding diaryl/α,β-unsaturated/α-hetero) is 2. The van der Waals surface area contributed by atoms with E-state index in [1.54, 1.807) is 0 Å². The zero-order valence-corrected chi connectivity index (χ0v) is 16.8. The molecular weight excluding hydrogens is 352 g/mol. The van der Waals surface area contributed by atoms with Crippen LogP contribution in [0.2, 0.25) is 0 Å². The summed E-state index contributed by atoms with van der Waals surface area (Å²) in [5.41, 5.74) is 11.9. The van der Waals surface area contributed by atoms with E-state index in [1.807, 2.05) is 27.7 Å². The zero-order valence-electron chi connectivity index (χ0n) is 16.8. The summed E-state index contributed by atoms with van der Waals surface area (Å²) >= 11 is 0. The van der Waals surface area contributed by atoms with Crippen LogP contribution in [-0.2, 0) is 9.59 Å². The minimum atomic E-state index is -0.674. The Kier molecular flexibility index (Phi) is 8.51. The van der Waals surface area contributed by atoms with Gasteiger partial charge in [-0.2, -0.15) is 9.97 Å². The van der Waals surface area contributed by atoms with Gasteiger partial charge in [-0.3, -0.25) is 9.59 Å². The van der Waals surface area contributed by atoms with E-state index in [-0.39, 0.29) is 54.5 Å². The molecule has 0 saturated carbocycles. The van der Waals surface area contributed by atoms with Gasteiger partial charge in [-0.05, 0) is 11.8 Å². The molecule has 1 aromatic rings. The SMILES string of the molecule is COc1nc(OC)nc(N(CC(=O)[C@@H](N)C(C)C)CC(=O)[C@@H](N)C(C)C)n1. The molecule has 1 heterocycles. The largest absolute Gasteiger partial charge is 0.467 e. The Bertz CT molecular complexity index is 602. The molecule has 4 N–H and O–H groups in total. The highest BCUT2D eigenvalue weighted by atomic mass is 16.5. The third kappa shape index (κ3) is 6.40. The maximum Gasteiger partial charge on any atom is 0.324 e. The Morgan fingerprint density at radius 3 is 1.52 bits per heavy atom. The Hall–Kier alpha value is -2.33. The summed E-state index contributed by atoms with van der Waals surface area (Å²) in [6.45, 7) is 7.10. The van der Waals surface area contributed by atoms with Crippen LogP contribution in [0.3, 0.4) is 0 Å². The van der Waals surface area contributed by atoms with Crippen LogP contribution in [0.1, 0.15) is 27.7 Å². The van der Waals surface area contributed by atoms with Gasteiger partial charge in [0.05, 0.1) is 39.4 Å². The van der Waals surface area contributed by atoms with Gasteiger partial charge in [-0.1, -0.05) is 27.7 Å². The minimum absolute atomic E-state index is 0.00284. The second-order valence-electron chi connectivity index (χ2n) is 6.94. The second-order valence-corrected chi connectivity index (χ2v) is 6.94. The van der Waals surface area contributed by atoms with Gasteiger partial charge in [0.2, 0.25) is 5.95 Å². The lowest BCUT2D eigenvalue weighted by Gasteiger charge is -2.26. The molecule has 10 nitrogen and oxygen atoms in total. The first-order valence-electron chi connectivity index (χ1n) is 8.76. The summed E-state index contributed by atoms with van der Waals surface area (Å²) < 4.78 is 10.1. The molecule has 1 rings (SSSR count). The van der Waals surface area contributed by atoms with E-state index in [4.69, 9.17) is 20.9 Å². The molecule has 0 unspecified atom stereocenters. The predicted octanol–water partition coefficient (Wildman–Crippen LogP) is -0.200. The van der Waals surface area contributed by atoms with Crippen LogP contribution < -0.4 is 25.8 Å². The number of ether oxygens (including phenoxy) is 2. The molecule has 0 amide bonds. The number of nitrogens with two attached hydrogens (primary N) is 2. The Morgan fingerprint density at radius 2 is 1.22 bits per heavy atom. The third-order valence-electron chi connectivity index (χ3n) is 4.10. The fourth-order valence-electron chi connectivity index (χ4n) is 2.18. The van der Waals surface area contributed by atoms with Gasteiger partial charge >= 0.3 is 12.0 Å². The number of anilines is 1. The van der Waals surface area contributed by atoms with Gasteiger partial charge in [0.1, 0.15) is 0 Å². The van der Waals surface area contributed by atoms with Crippen LogP contribution in [-0.4, -0.2) is 65.9 Å². The van der Waals surface area contributed by atoms with Crippen molar-refractivity contribution in [3.63, 3.8) is 0 Å². The summed E-state index contributed by atoms with van der Waals surface area (Å²) in [5.74, 6) is -0.498. The fraction of sp³-hybridized carbons (Fsp3) is 0.706. The van der Waals surface area contributed by atoms with Gasteiger partial charge in [0.25, 0.3) is 0 Å². The highest BCUT2D eigenvalue weighted by Crippen LogP contribution is 2.17.